The summed E-state index contributed by atoms with van der Waals surface area (Å²) in [6, 6.07) is 33.1. The van der Waals surface area contributed by atoms with Crippen LogP contribution in [0.25, 0.3) is 66.2 Å². The van der Waals surface area contributed by atoms with Crippen LogP contribution in [0.15, 0.2) is 96.6 Å². The number of benzene rings is 4. The smallest absolute Gasteiger partial charge is 0.346 e. The minimum Gasteiger partial charge on any atom is -0.493 e. The molecule has 0 saturated carbocycles. The zero-order valence-electron chi connectivity index (χ0n) is 27.2. The van der Waals surface area contributed by atoms with Crippen molar-refractivity contribution in [3.05, 3.63) is 101 Å². The van der Waals surface area contributed by atoms with E-state index in [0.29, 0.717) is 10.8 Å². The summed E-state index contributed by atoms with van der Waals surface area (Å²) in [5, 5.41) is 20.7. The molecule has 1 N–H and O–H groups in total. The number of rotatable bonds is 12. The molecule has 1 atom stereocenters. The fraction of sp³-hybridized carbons (Fsp3) is 0.200. The Bertz CT molecular complexity index is 2380. The van der Waals surface area contributed by atoms with Gasteiger partial charge in [0.25, 0.3) is 0 Å². The van der Waals surface area contributed by atoms with Crippen LogP contribution < -0.4 is 4.74 Å². The maximum absolute atomic E-state index is 11.3. The standard InChI is InChI=1S/C40H34N4O3S2/c1-3-5-8-25(4-2)24-47-29-14-12-28(13-15-29)44-35-10-7-6-9-32(35)34-22-26(11-19-36(34)44)31-17-18-33(39-38(31)42-49-43-39)37-20-16-30(48-37)21-27(23-41)40(45)46/h6-7,9-22,25H,3-5,8,24H2,1-2H3,(H,45,46)/b27-21+. The molecular weight excluding hydrogens is 649 g/mol. The molecule has 0 aliphatic carbocycles. The number of ether oxygens (including phenoxy) is 1. The van der Waals surface area contributed by atoms with Crippen molar-refractivity contribution >= 4 is 67.9 Å². The number of fused-ring (bicyclic) bond motifs is 4. The summed E-state index contributed by atoms with van der Waals surface area (Å²) in [6.07, 6.45) is 6.18. The predicted molar refractivity (Wildman–Crippen MR) is 201 cm³/mol. The number of para-hydroxylation sites is 1. The second-order valence-corrected chi connectivity index (χ2v) is 13.7. The third kappa shape index (κ3) is 6.33. The van der Waals surface area contributed by atoms with E-state index in [1.54, 1.807) is 6.07 Å². The topological polar surface area (TPSA) is 101 Å². The lowest BCUT2D eigenvalue weighted by Gasteiger charge is -2.16. The summed E-state index contributed by atoms with van der Waals surface area (Å²) in [5.74, 6) is 0.237. The second-order valence-electron chi connectivity index (χ2n) is 12.1. The van der Waals surface area contributed by atoms with E-state index in [9.17, 15) is 15.2 Å². The largest absolute Gasteiger partial charge is 0.493 e. The summed E-state index contributed by atoms with van der Waals surface area (Å²) in [7, 11) is 0. The van der Waals surface area contributed by atoms with Gasteiger partial charge in [0.1, 0.15) is 28.4 Å². The summed E-state index contributed by atoms with van der Waals surface area (Å²) < 4.78 is 17.9. The number of carbonyl (C=O) groups is 1. The average molecular weight is 683 g/mol. The van der Waals surface area contributed by atoms with E-state index in [4.69, 9.17) is 9.11 Å². The van der Waals surface area contributed by atoms with Crippen LogP contribution in [0, 0.1) is 17.2 Å². The monoisotopic (exact) mass is 682 g/mol. The van der Waals surface area contributed by atoms with E-state index >= 15 is 0 Å². The van der Waals surface area contributed by atoms with Gasteiger partial charge in [-0.25, -0.2) is 4.79 Å². The molecule has 7 rings (SSSR count). The fourth-order valence-corrected chi connectivity index (χ4v) is 7.93. The molecule has 1 unspecified atom stereocenters. The van der Waals surface area contributed by atoms with Gasteiger partial charge in [-0.05, 0) is 78.6 Å². The Morgan fingerprint density at radius 3 is 2.45 bits per heavy atom. The third-order valence-corrected chi connectivity index (χ3v) is 10.6. The van der Waals surface area contributed by atoms with Crippen molar-refractivity contribution in [2.45, 2.75) is 39.5 Å². The van der Waals surface area contributed by atoms with E-state index in [-0.39, 0.29) is 5.57 Å². The van der Waals surface area contributed by atoms with Crippen molar-refractivity contribution in [1.29, 1.82) is 5.26 Å². The summed E-state index contributed by atoms with van der Waals surface area (Å²) in [6.45, 7) is 5.23. The first kappa shape index (κ1) is 32.3. The number of unbranched alkanes of at least 4 members (excludes halogenated alkanes) is 1. The second kappa shape index (κ2) is 14.0. The number of nitriles is 1. The fourth-order valence-electron chi connectivity index (χ4n) is 6.38. The van der Waals surface area contributed by atoms with Crippen molar-refractivity contribution in [2.24, 2.45) is 5.92 Å². The number of hydrogen-bond acceptors (Lipinski definition) is 7. The molecule has 0 saturated heterocycles. The molecule has 7 aromatic rings. The summed E-state index contributed by atoms with van der Waals surface area (Å²) >= 11 is 2.59. The molecule has 9 heteroatoms. The number of aliphatic carboxylic acids is 1. The van der Waals surface area contributed by atoms with Crippen molar-refractivity contribution < 1.29 is 14.6 Å². The van der Waals surface area contributed by atoms with Gasteiger partial charge in [-0.2, -0.15) is 14.0 Å². The Labute approximate surface area is 292 Å². The molecule has 0 aliphatic rings. The molecule has 0 bridgehead atoms. The molecule has 244 valence electrons. The number of carboxylic acids is 1. The molecule has 7 nitrogen and oxygen atoms in total. The molecular formula is C40H34N4O3S2. The van der Waals surface area contributed by atoms with Crippen LogP contribution in [0.5, 0.6) is 5.75 Å². The minimum atomic E-state index is -1.24. The molecule has 3 aromatic heterocycles. The van der Waals surface area contributed by atoms with E-state index in [2.05, 4.69) is 95.6 Å². The average Bonchev–Trinajstić information content (AvgIpc) is 3.88. The Hall–Kier alpha value is -5.30. The first-order valence-electron chi connectivity index (χ1n) is 16.5. The van der Waals surface area contributed by atoms with Crippen LogP contribution in [0.2, 0.25) is 0 Å². The number of aromatic nitrogens is 3. The van der Waals surface area contributed by atoms with Crippen molar-refractivity contribution in [3.63, 3.8) is 0 Å². The molecule has 0 aliphatic heterocycles. The van der Waals surface area contributed by atoms with Gasteiger partial charge in [0, 0.05) is 37.3 Å². The van der Waals surface area contributed by atoms with Crippen molar-refractivity contribution in [1.82, 2.24) is 13.3 Å². The molecule has 4 aromatic carbocycles. The highest BCUT2D eigenvalue weighted by Crippen LogP contribution is 2.40. The van der Waals surface area contributed by atoms with E-state index in [1.165, 1.54) is 53.8 Å². The van der Waals surface area contributed by atoms with Crippen LogP contribution >= 0.6 is 23.1 Å². The number of carboxylic acid groups (broad SMARTS) is 1. The van der Waals surface area contributed by atoms with Gasteiger partial charge in [-0.15, -0.1) is 11.3 Å². The van der Waals surface area contributed by atoms with Gasteiger partial charge in [0.05, 0.1) is 29.4 Å². The SMILES string of the molecule is CCCCC(CC)COc1ccc(-n2c3ccccc3c3cc(-c4ccc(-c5ccc(/C=C(\C#N)C(=O)O)s5)c5nsnc45)ccc32)cc1. The zero-order valence-corrected chi connectivity index (χ0v) is 28.9. The van der Waals surface area contributed by atoms with E-state index in [0.717, 1.165) is 73.5 Å². The molecule has 0 amide bonds. The van der Waals surface area contributed by atoms with Gasteiger partial charge in [-0.1, -0.05) is 69.5 Å². The Kier molecular flexibility index (Phi) is 9.25. The minimum absolute atomic E-state index is 0.301. The quantitative estimate of drug-likeness (QED) is 0.102. The van der Waals surface area contributed by atoms with Crippen LogP contribution in [-0.4, -0.2) is 31.0 Å². The highest BCUT2D eigenvalue weighted by atomic mass is 32.1. The highest BCUT2D eigenvalue weighted by molar-refractivity contribution is 7.16. The lowest BCUT2D eigenvalue weighted by molar-refractivity contribution is -0.132. The normalized spacial score (nSPS) is 12.5. The number of nitrogens with zero attached hydrogens (tertiary/aromatic N) is 4. The third-order valence-electron chi connectivity index (χ3n) is 9.05. The van der Waals surface area contributed by atoms with Crippen molar-refractivity contribution in [3.8, 4) is 39.1 Å². The first-order valence-corrected chi connectivity index (χ1v) is 18.0. The van der Waals surface area contributed by atoms with Crippen LogP contribution in [0.3, 0.4) is 0 Å². The lowest BCUT2D eigenvalue weighted by atomic mass is 9.99. The van der Waals surface area contributed by atoms with Gasteiger partial charge >= 0.3 is 5.97 Å². The Morgan fingerprint density at radius 1 is 0.939 bits per heavy atom. The van der Waals surface area contributed by atoms with Crippen LogP contribution in [0.4, 0.5) is 0 Å². The van der Waals surface area contributed by atoms with Crippen molar-refractivity contribution in [2.75, 3.05) is 6.61 Å². The Morgan fingerprint density at radius 2 is 1.69 bits per heavy atom. The van der Waals surface area contributed by atoms with Crippen LogP contribution in [-0.2, 0) is 4.79 Å². The Balaban J connectivity index is 1.23. The summed E-state index contributed by atoms with van der Waals surface area (Å²) in [5.41, 5.74) is 7.59. The van der Waals surface area contributed by atoms with Gasteiger partial charge in [-0.3, -0.25) is 0 Å². The van der Waals surface area contributed by atoms with E-state index in [1.807, 2.05) is 18.2 Å². The van der Waals surface area contributed by atoms with Crippen LogP contribution in [0.1, 0.15) is 44.4 Å². The highest BCUT2D eigenvalue weighted by Gasteiger charge is 2.18. The van der Waals surface area contributed by atoms with Gasteiger partial charge in [0.15, 0.2) is 0 Å². The molecule has 0 spiro atoms. The molecule has 49 heavy (non-hydrogen) atoms. The first-order chi connectivity index (χ1) is 24.0. The lowest BCUT2D eigenvalue weighted by Crippen LogP contribution is -2.11. The molecule has 0 fully saturated rings. The molecule has 3 heterocycles. The van der Waals surface area contributed by atoms with Gasteiger partial charge < -0.3 is 14.4 Å². The summed E-state index contributed by atoms with van der Waals surface area (Å²) in [4.78, 5) is 12.9. The number of hydrogen-bond donors (Lipinski definition) is 1. The molecule has 0 radical (unpaired) electrons. The van der Waals surface area contributed by atoms with E-state index < -0.39 is 5.97 Å². The maximum atomic E-state index is 11.3. The maximum Gasteiger partial charge on any atom is 0.346 e. The van der Waals surface area contributed by atoms with Gasteiger partial charge in [0.2, 0.25) is 0 Å². The predicted octanol–water partition coefficient (Wildman–Crippen LogP) is 10.8. The zero-order chi connectivity index (χ0) is 33.9. The number of thiophene rings is 1.